The van der Waals surface area contributed by atoms with E-state index in [2.05, 4.69) is 5.32 Å². The standard InChI is InChI=1S/C15H21N3O6/c1-10(2)14(15(21)22)16-12(19)5-3-4-8-17-9-11(18(23)24)6-7-13(17)20/h6-7,9-10,14H,3-5,8H2,1-2H3,(H,16,19)(H,21,22). The number of rotatable bonds is 9. The Kier molecular flexibility index (Phi) is 7.09. The van der Waals surface area contributed by atoms with E-state index in [9.17, 15) is 24.5 Å². The lowest BCUT2D eigenvalue weighted by atomic mass is 10.0. The SMILES string of the molecule is CC(C)C(NC(=O)CCCCn1cc([N+](=O)[O-])ccc1=O)C(=O)O. The molecule has 0 aliphatic heterocycles. The van der Waals surface area contributed by atoms with Crippen molar-refractivity contribution in [3.63, 3.8) is 0 Å². The molecule has 2 N–H and O–H groups in total. The van der Waals surface area contributed by atoms with Crippen LogP contribution in [0.4, 0.5) is 5.69 Å². The van der Waals surface area contributed by atoms with E-state index in [1.54, 1.807) is 13.8 Å². The first-order chi connectivity index (χ1) is 11.2. The molecule has 1 aromatic heterocycles. The fourth-order valence-corrected chi connectivity index (χ4v) is 2.13. The summed E-state index contributed by atoms with van der Waals surface area (Å²) in [5.41, 5.74) is -0.524. The van der Waals surface area contributed by atoms with Crippen molar-refractivity contribution in [2.24, 2.45) is 5.92 Å². The van der Waals surface area contributed by atoms with Gasteiger partial charge in [0, 0.05) is 25.1 Å². The van der Waals surface area contributed by atoms with Crippen LogP contribution in [0.5, 0.6) is 0 Å². The van der Waals surface area contributed by atoms with Crippen LogP contribution in [0.25, 0.3) is 0 Å². The Morgan fingerprint density at radius 2 is 2.00 bits per heavy atom. The van der Waals surface area contributed by atoms with Crippen LogP contribution in [-0.4, -0.2) is 32.5 Å². The molecule has 1 atom stereocenters. The Morgan fingerprint density at radius 1 is 1.33 bits per heavy atom. The molecule has 0 radical (unpaired) electrons. The number of carbonyl (C=O) groups is 2. The van der Waals surface area contributed by atoms with E-state index in [4.69, 9.17) is 5.11 Å². The minimum atomic E-state index is -1.08. The maximum Gasteiger partial charge on any atom is 0.326 e. The first-order valence-electron chi connectivity index (χ1n) is 7.59. The van der Waals surface area contributed by atoms with Crippen LogP contribution < -0.4 is 10.9 Å². The van der Waals surface area contributed by atoms with Crippen molar-refractivity contribution in [2.75, 3.05) is 0 Å². The predicted octanol–water partition coefficient (Wildman–Crippen LogP) is 1.15. The number of pyridine rings is 1. The minimum Gasteiger partial charge on any atom is -0.480 e. The molecule has 132 valence electrons. The lowest BCUT2D eigenvalue weighted by molar-refractivity contribution is -0.385. The number of nitro groups is 1. The molecule has 1 aromatic rings. The Morgan fingerprint density at radius 3 is 2.54 bits per heavy atom. The highest BCUT2D eigenvalue weighted by Gasteiger charge is 2.22. The summed E-state index contributed by atoms with van der Waals surface area (Å²) in [5, 5.41) is 22.1. The van der Waals surface area contributed by atoms with Gasteiger partial charge in [0.25, 0.3) is 11.2 Å². The summed E-state index contributed by atoms with van der Waals surface area (Å²) in [4.78, 5) is 44.5. The number of hydrogen-bond acceptors (Lipinski definition) is 5. The van der Waals surface area contributed by atoms with Gasteiger partial charge in [-0.05, 0) is 18.8 Å². The van der Waals surface area contributed by atoms with Crippen LogP contribution in [0.3, 0.4) is 0 Å². The summed E-state index contributed by atoms with van der Waals surface area (Å²) < 4.78 is 1.23. The lowest BCUT2D eigenvalue weighted by Crippen LogP contribution is -2.44. The van der Waals surface area contributed by atoms with Crippen LogP contribution >= 0.6 is 0 Å². The molecule has 1 heterocycles. The molecule has 0 spiro atoms. The number of aryl methyl sites for hydroxylation is 1. The van der Waals surface area contributed by atoms with E-state index in [1.165, 1.54) is 10.8 Å². The highest BCUT2D eigenvalue weighted by Crippen LogP contribution is 2.08. The van der Waals surface area contributed by atoms with E-state index < -0.39 is 16.9 Å². The molecule has 24 heavy (non-hydrogen) atoms. The molecule has 0 aliphatic rings. The molecule has 0 aliphatic carbocycles. The fraction of sp³-hybridized carbons (Fsp3) is 0.533. The molecule has 0 saturated carbocycles. The summed E-state index contributed by atoms with van der Waals surface area (Å²) in [7, 11) is 0. The highest BCUT2D eigenvalue weighted by atomic mass is 16.6. The van der Waals surface area contributed by atoms with E-state index in [-0.39, 0.29) is 36.0 Å². The number of carbonyl (C=O) groups excluding carboxylic acids is 1. The van der Waals surface area contributed by atoms with Crippen molar-refractivity contribution in [1.82, 2.24) is 9.88 Å². The van der Waals surface area contributed by atoms with Crippen molar-refractivity contribution in [3.05, 3.63) is 38.8 Å². The third-order valence-electron chi connectivity index (χ3n) is 3.48. The van der Waals surface area contributed by atoms with Gasteiger partial charge in [0.15, 0.2) is 0 Å². The van der Waals surface area contributed by atoms with Crippen molar-refractivity contribution in [2.45, 2.75) is 45.7 Å². The maximum atomic E-state index is 11.8. The number of aliphatic carboxylic acids is 1. The quantitative estimate of drug-likeness (QED) is 0.394. The third-order valence-corrected chi connectivity index (χ3v) is 3.48. The van der Waals surface area contributed by atoms with Crippen molar-refractivity contribution in [1.29, 1.82) is 0 Å². The van der Waals surface area contributed by atoms with Crippen LogP contribution in [0, 0.1) is 16.0 Å². The zero-order valence-electron chi connectivity index (χ0n) is 13.6. The number of nitrogens with zero attached hydrogens (tertiary/aromatic N) is 2. The van der Waals surface area contributed by atoms with E-state index in [0.717, 1.165) is 12.1 Å². The highest BCUT2D eigenvalue weighted by molar-refractivity contribution is 5.83. The van der Waals surface area contributed by atoms with E-state index in [0.29, 0.717) is 12.8 Å². The number of carboxylic acids is 1. The lowest BCUT2D eigenvalue weighted by Gasteiger charge is -2.17. The summed E-state index contributed by atoms with van der Waals surface area (Å²) in [6, 6.07) is 1.34. The second-order valence-electron chi connectivity index (χ2n) is 5.76. The third kappa shape index (κ3) is 5.82. The first-order valence-corrected chi connectivity index (χ1v) is 7.59. The largest absolute Gasteiger partial charge is 0.480 e. The van der Waals surface area contributed by atoms with Crippen molar-refractivity contribution < 1.29 is 19.6 Å². The van der Waals surface area contributed by atoms with Gasteiger partial charge in [-0.2, -0.15) is 0 Å². The summed E-state index contributed by atoms with van der Waals surface area (Å²) in [5.74, 6) is -1.68. The Balaban J connectivity index is 2.47. The molecule has 9 nitrogen and oxygen atoms in total. The Bertz CT molecular complexity index is 667. The van der Waals surface area contributed by atoms with Gasteiger partial charge in [-0.1, -0.05) is 13.8 Å². The number of hydrogen-bond donors (Lipinski definition) is 2. The van der Waals surface area contributed by atoms with Crippen molar-refractivity contribution >= 4 is 17.6 Å². The topological polar surface area (TPSA) is 132 Å². The zero-order valence-corrected chi connectivity index (χ0v) is 13.6. The molecular weight excluding hydrogens is 318 g/mol. The van der Waals surface area contributed by atoms with Gasteiger partial charge in [-0.3, -0.25) is 19.7 Å². The van der Waals surface area contributed by atoms with Gasteiger partial charge in [0.2, 0.25) is 5.91 Å². The molecule has 0 fully saturated rings. The number of nitrogens with one attached hydrogen (secondary N) is 1. The molecule has 9 heteroatoms. The maximum absolute atomic E-state index is 11.8. The van der Waals surface area contributed by atoms with Gasteiger partial charge in [0.1, 0.15) is 6.04 Å². The van der Waals surface area contributed by atoms with E-state index in [1.807, 2.05) is 0 Å². The summed E-state index contributed by atoms with van der Waals surface area (Å²) >= 11 is 0. The number of aromatic nitrogens is 1. The Hall–Kier alpha value is -2.71. The van der Waals surface area contributed by atoms with Gasteiger partial charge in [-0.25, -0.2) is 4.79 Å². The van der Waals surface area contributed by atoms with Crippen molar-refractivity contribution in [3.8, 4) is 0 Å². The molecule has 0 saturated heterocycles. The van der Waals surface area contributed by atoms with Gasteiger partial charge in [-0.15, -0.1) is 0 Å². The van der Waals surface area contributed by atoms with Crippen LogP contribution in [0.15, 0.2) is 23.1 Å². The fourth-order valence-electron chi connectivity index (χ4n) is 2.13. The van der Waals surface area contributed by atoms with Gasteiger partial charge < -0.3 is 15.0 Å². The molecule has 1 rings (SSSR count). The average Bonchev–Trinajstić information content (AvgIpc) is 2.49. The smallest absolute Gasteiger partial charge is 0.326 e. The normalized spacial score (nSPS) is 12.0. The van der Waals surface area contributed by atoms with Crippen LogP contribution in [0.1, 0.15) is 33.1 Å². The molecule has 1 amide bonds. The van der Waals surface area contributed by atoms with E-state index >= 15 is 0 Å². The zero-order chi connectivity index (χ0) is 18.3. The second kappa shape index (κ2) is 8.80. The van der Waals surface area contributed by atoms with Crippen LogP contribution in [-0.2, 0) is 16.1 Å². The average molecular weight is 339 g/mol. The molecule has 1 unspecified atom stereocenters. The molecule has 0 aromatic carbocycles. The first kappa shape index (κ1) is 19.3. The van der Waals surface area contributed by atoms with Crippen LogP contribution in [0.2, 0.25) is 0 Å². The predicted molar refractivity (Wildman–Crippen MR) is 85.6 cm³/mol. The van der Waals surface area contributed by atoms with Gasteiger partial charge >= 0.3 is 5.97 Å². The molecule has 0 bridgehead atoms. The monoisotopic (exact) mass is 339 g/mol. The summed E-state index contributed by atoms with van der Waals surface area (Å²) in [6.45, 7) is 3.65. The second-order valence-corrected chi connectivity index (χ2v) is 5.76. The number of carboxylic acid groups (broad SMARTS) is 1. The number of unbranched alkanes of at least 4 members (excludes halogenated alkanes) is 1. The molecular formula is C15H21N3O6. The number of amides is 1. The minimum absolute atomic E-state index is 0.125. The van der Waals surface area contributed by atoms with Gasteiger partial charge in [0.05, 0.1) is 11.1 Å². The Labute approximate surface area is 138 Å². The summed E-state index contributed by atoms with van der Waals surface area (Å²) in [6.07, 6.45) is 2.20.